The standard InChI is InChI=1S/C20H20Cl2N4O4/c1-12(2)24-19(28)20(29)26-23-10-13-7-8-17(15(22)9-13)30-11-18(27)25-16-6-4-3-5-14(16)21/h3-10,12H,11H2,1-2H3,(H,24,28)(H,25,27)(H,26,29)/b23-10-. The Labute approximate surface area is 183 Å². The third-order valence-electron chi connectivity index (χ3n) is 3.47. The Morgan fingerprint density at radius 2 is 1.80 bits per heavy atom. The number of halogens is 2. The molecule has 0 saturated carbocycles. The molecule has 2 aromatic carbocycles. The Bertz CT molecular complexity index is 964. The van der Waals surface area contributed by atoms with Gasteiger partial charge in [-0.15, -0.1) is 0 Å². The van der Waals surface area contributed by atoms with Gasteiger partial charge in [0.15, 0.2) is 6.61 Å². The zero-order valence-electron chi connectivity index (χ0n) is 16.2. The van der Waals surface area contributed by atoms with Crippen LogP contribution in [-0.2, 0) is 14.4 Å². The first-order chi connectivity index (χ1) is 14.3. The number of hydrogen-bond acceptors (Lipinski definition) is 5. The zero-order valence-corrected chi connectivity index (χ0v) is 17.8. The van der Waals surface area contributed by atoms with Crippen LogP contribution in [0.25, 0.3) is 0 Å². The van der Waals surface area contributed by atoms with Crippen LogP contribution in [0.1, 0.15) is 19.4 Å². The summed E-state index contributed by atoms with van der Waals surface area (Å²) in [5.74, 6) is -1.76. The fourth-order valence-corrected chi connectivity index (χ4v) is 2.58. The summed E-state index contributed by atoms with van der Waals surface area (Å²) in [5, 5.41) is 9.45. The van der Waals surface area contributed by atoms with E-state index in [4.69, 9.17) is 27.9 Å². The smallest absolute Gasteiger partial charge is 0.329 e. The van der Waals surface area contributed by atoms with Crippen LogP contribution in [-0.4, -0.2) is 36.6 Å². The number of benzene rings is 2. The predicted octanol–water partition coefficient (Wildman–Crippen LogP) is 2.99. The van der Waals surface area contributed by atoms with E-state index in [2.05, 4.69) is 21.2 Å². The van der Waals surface area contributed by atoms with Crippen molar-refractivity contribution < 1.29 is 19.1 Å². The Hall–Kier alpha value is -3.10. The second kappa shape index (κ2) is 11.2. The summed E-state index contributed by atoms with van der Waals surface area (Å²) in [6, 6.07) is 11.4. The molecule has 30 heavy (non-hydrogen) atoms. The molecule has 0 radical (unpaired) electrons. The molecule has 0 unspecified atom stereocenters. The van der Waals surface area contributed by atoms with Crippen LogP contribution < -0.4 is 20.8 Å². The van der Waals surface area contributed by atoms with E-state index in [0.29, 0.717) is 22.0 Å². The highest BCUT2D eigenvalue weighted by atomic mass is 35.5. The topological polar surface area (TPSA) is 109 Å². The van der Waals surface area contributed by atoms with Crippen molar-refractivity contribution in [1.29, 1.82) is 0 Å². The van der Waals surface area contributed by atoms with Gasteiger partial charge in [0.1, 0.15) is 5.75 Å². The summed E-state index contributed by atoms with van der Waals surface area (Å²) in [6.45, 7) is 3.21. The summed E-state index contributed by atoms with van der Waals surface area (Å²) in [5.41, 5.74) is 3.15. The molecule has 3 N–H and O–H groups in total. The Balaban J connectivity index is 1.87. The molecule has 8 nitrogen and oxygen atoms in total. The molecule has 0 saturated heterocycles. The van der Waals surface area contributed by atoms with E-state index in [-0.39, 0.29) is 17.7 Å². The van der Waals surface area contributed by atoms with Crippen LogP contribution in [0.15, 0.2) is 47.6 Å². The van der Waals surface area contributed by atoms with E-state index in [1.165, 1.54) is 12.3 Å². The molecule has 10 heteroatoms. The molecule has 2 rings (SSSR count). The Kier molecular flexibility index (Phi) is 8.64. The van der Waals surface area contributed by atoms with Gasteiger partial charge in [0, 0.05) is 6.04 Å². The highest BCUT2D eigenvalue weighted by molar-refractivity contribution is 6.35. The number of carbonyl (C=O) groups excluding carboxylic acids is 3. The number of hydrogen-bond donors (Lipinski definition) is 3. The van der Waals surface area contributed by atoms with Crippen LogP contribution in [0.4, 0.5) is 5.69 Å². The van der Waals surface area contributed by atoms with Crippen LogP contribution in [0, 0.1) is 0 Å². The lowest BCUT2D eigenvalue weighted by atomic mass is 10.2. The van der Waals surface area contributed by atoms with Crippen LogP contribution in [0.3, 0.4) is 0 Å². The molecule has 0 heterocycles. The molecule has 0 spiro atoms. The van der Waals surface area contributed by atoms with Crippen molar-refractivity contribution in [2.75, 3.05) is 11.9 Å². The molecule has 0 aliphatic carbocycles. The Morgan fingerprint density at radius 3 is 2.47 bits per heavy atom. The SMILES string of the molecule is CC(C)NC(=O)C(=O)N/N=C\c1ccc(OCC(=O)Nc2ccccc2Cl)c(Cl)c1. The molecule has 3 amide bonds. The van der Waals surface area contributed by atoms with E-state index < -0.39 is 17.7 Å². The second-order valence-electron chi connectivity index (χ2n) is 6.33. The van der Waals surface area contributed by atoms with Crippen molar-refractivity contribution in [1.82, 2.24) is 10.7 Å². The molecular formula is C20H20Cl2N4O4. The van der Waals surface area contributed by atoms with E-state index in [0.717, 1.165) is 0 Å². The van der Waals surface area contributed by atoms with Crippen molar-refractivity contribution in [3.63, 3.8) is 0 Å². The van der Waals surface area contributed by atoms with Gasteiger partial charge in [0.05, 0.1) is 21.9 Å². The monoisotopic (exact) mass is 450 g/mol. The zero-order chi connectivity index (χ0) is 22.1. The lowest BCUT2D eigenvalue weighted by Gasteiger charge is -2.10. The average Bonchev–Trinajstić information content (AvgIpc) is 2.68. The summed E-state index contributed by atoms with van der Waals surface area (Å²) < 4.78 is 5.42. The van der Waals surface area contributed by atoms with E-state index in [1.54, 1.807) is 50.2 Å². The summed E-state index contributed by atoms with van der Waals surface area (Å²) >= 11 is 12.1. The van der Waals surface area contributed by atoms with Gasteiger partial charge in [0.2, 0.25) is 0 Å². The van der Waals surface area contributed by atoms with E-state index in [1.807, 2.05) is 0 Å². The predicted molar refractivity (Wildman–Crippen MR) is 116 cm³/mol. The van der Waals surface area contributed by atoms with E-state index >= 15 is 0 Å². The third kappa shape index (κ3) is 7.38. The summed E-state index contributed by atoms with van der Waals surface area (Å²) in [4.78, 5) is 35.1. The molecule has 158 valence electrons. The van der Waals surface area contributed by atoms with Gasteiger partial charge in [-0.05, 0) is 49.7 Å². The fraction of sp³-hybridized carbons (Fsp3) is 0.200. The first-order valence-corrected chi connectivity index (χ1v) is 9.62. The van der Waals surface area contributed by atoms with Gasteiger partial charge in [-0.25, -0.2) is 5.43 Å². The minimum atomic E-state index is -0.879. The first kappa shape index (κ1) is 23.2. The average molecular weight is 451 g/mol. The molecule has 2 aromatic rings. The lowest BCUT2D eigenvalue weighted by molar-refractivity contribution is -0.139. The maximum atomic E-state index is 12.0. The summed E-state index contributed by atoms with van der Waals surface area (Å²) in [6.07, 6.45) is 1.32. The van der Waals surface area contributed by atoms with Crippen molar-refractivity contribution in [2.45, 2.75) is 19.9 Å². The quantitative estimate of drug-likeness (QED) is 0.342. The number of rotatable bonds is 7. The van der Waals surface area contributed by atoms with Crippen molar-refractivity contribution >= 4 is 52.8 Å². The minimum Gasteiger partial charge on any atom is -0.482 e. The molecule has 0 fully saturated rings. The van der Waals surface area contributed by atoms with Crippen molar-refractivity contribution in [2.24, 2.45) is 5.10 Å². The summed E-state index contributed by atoms with van der Waals surface area (Å²) in [7, 11) is 0. The second-order valence-corrected chi connectivity index (χ2v) is 7.15. The number of nitrogens with one attached hydrogen (secondary N) is 3. The maximum absolute atomic E-state index is 12.0. The van der Waals surface area contributed by atoms with Crippen molar-refractivity contribution in [3.8, 4) is 5.75 Å². The van der Waals surface area contributed by atoms with Gasteiger partial charge in [-0.2, -0.15) is 5.10 Å². The normalized spacial score (nSPS) is 10.7. The Morgan fingerprint density at radius 1 is 1.07 bits per heavy atom. The lowest BCUT2D eigenvalue weighted by Crippen LogP contribution is -2.41. The molecule has 0 aromatic heterocycles. The van der Waals surface area contributed by atoms with Gasteiger partial charge >= 0.3 is 11.8 Å². The third-order valence-corrected chi connectivity index (χ3v) is 4.09. The van der Waals surface area contributed by atoms with Crippen molar-refractivity contribution in [3.05, 3.63) is 58.1 Å². The van der Waals surface area contributed by atoms with Gasteiger partial charge in [-0.3, -0.25) is 14.4 Å². The number of anilines is 1. The molecular weight excluding hydrogens is 431 g/mol. The maximum Gasteiger partial charge on any atom is 0.329 e. The number of ether oxygens (including phenoxy) is 1. The highest BCUT2D eigenvalue weighted by Gasteiger charge is 2.13. The largest absolute Gasteiger partial charge is 0.482 e. The van der Waals surface area contributed by atoms with Gasteiger partial charge in [0.25, 0.3) is 5.91 Å². The van der Waals surface area contributed by atoms with Gasteiger partial charge < -0.3 is 15.4 Å². The number of hydrazone groups is 1. The molecule has 0 atom stereocenters. The molecule has 0 aliphatic heterocycles. The molecule has 0 bridgehead atoms. The van der Waals surface area contributed by atoms with Crippen LogP contribution in [0.5, 0.6) is 5.75 Å². The number of amides is 3. The fourth-order valence-electron chi connectivity index (χ4n) is 2.15. The highest BCUT2D eigenvalue weighted by Crippen LogP contribution is 2.25. The number of carbonyl (C=O) groups is 3. The number of nitrogens with zero attached hydrogens (tertiary/aromatic N) is 1. The van der Waals surface area contributed by atoms with Crippen LogP contribution in [0.2, 0.25) is 10.0 Å². The van der Waals surface area contributed by atoms with Crippen LogP contribution >= 0.6 is 23.2 Å². The van der Waals surface area contributed by atoms with E-state index in [9.17, 15) is 14.4 Å². The first-order valence-electron chi connectivity index (χ1n) is 8.87. The molecule has 0 aliphatic rings. The number of para-hydroxylation sites is 1. The van der Waals surface area contributed by atoms with Gasteiger partial charge in [-0.1, -0.05) is 35.3 Å². The minimum absolute atomic E-state index is 0.162.